The van der Waals surface area contributed by atoms with Gasteiger partial charge in [-0.1, -0.05) is 66.7 Å². The number of pyridine rings is 1. The molecule has 0 aliphatic carbocycles. The lowest BCUT2D eigenvalue weighted by atomic mass is 9.55. The summed E-state index contributed by atoms with van der Waals surface area (Å²) in [5, 5.41) is 0.992. The van der Waals surface area contributed by atoms with Crippen LogP contribution >= 0.6 is 0 Å². The van der Waals surface area contributed by atoms with E-state index in [1.807, 2.05) is 54.6 Å². The molecule has 1 heterocycles. The van der Waals surface area contributed by atoms with Crippen molar-refractivity contribution in [1.29, 1.82) is 0 Å². The molecule has 0 saturated heterocycles. The number of hydrogen-bond donors (Lipinski definition) is 0. The molecule has 3 aromatic carbocycles. The summed E-state index contributed by atoms with van der Waals surface area (Å²) in [6.45, 7) is -0.408. The van der Waals surface area contributed by atoms with Gasteiger partial charge in [-0.3, -0.25) is 14.6 Å². The second-order valence-corrected chi connectivity index (χ2v) is 6.40. The van der Waals surface area contributed by atoms with E-state index >= 15 is 0 Å². The molecule has 0 aliphatic rings. The summed E-state index contributed by atoms with van der Waals surface area (Å²) in [5.74, 6) is 0.669. The van der Waals surface area contributed by atoms with Crippen molar-refractivity contribution >= 4 is 41.3 Å². The lowest BCUT2D eigenvalue weighted by Gasteiger charge is -2.18. The van der Waals surface area contributed by atoms with Crippen LogP contribution in [0.25, 0.3) is 10.9 Å². The van der Waals surface area contributed by atoms with Crippen molar-refractivity contribution in [1.82, 2.24) is 4.98 Å². The molecule has 4 aromatic rings. The molecule has 4 rings (SSSR count). The zero-order chi connectivity index (χ0) is 19.3. The van der Waals surface area contributed by atoms with Crippen LogP contribution in [0.5, 0.6) is 5.75 Å². The van der Waals surface area contributed by atoms with E-state index in [9.17, 15) is 9.59 Å². The smallest absolute Gasteiger partial charge is 0.426 e. The van der Waals surface area contributed by atoms with Gasteiger partial charge in [0.2, 0.25) is 0 Å². The number of fused-ring (bicyclic) bond motifs is 1. The van der Waals surface area contributed by atoms with Crippen LogP contribution in [-0.2, 0) is 0 Å². The predicted molar refractivity (Wildman–Crippen MR) is 111 cm³/mol. The number of para-hydroxylation sites is 1. The fraction of sp³-hybridized carbons (Fsp3) is 0. The van der Waals surface area contributed by atoms with E-state index < -0.39 is 6.92 Å². The number of rotatable bonds is 6. The molecule has 1 aromatic heterocycles. The van der Waals surface area contributed by atoms with Gasteiger partial charge < -0.3 is 4.65 Å². The number of hydrogen-bond acceptors (Lipinski definition) is 4. The van der Waals surface area contributed by atoms with E-state index in [4.69, 9.17) is 4.65 Å². The average Bonchev–Trinajstić information content (AvgIpc) is 2.78. The molecule has 5 heteroatoms. The lowest BCUT2D eigenvalue weighted by Crippen LogP contribution is -2.47. The molecular formula is C23H16BNO3. The van der Waals surface area contributed by atoms with Crippen LogP contribution in [0.15, 0.2) is 85.1 Å². The average molecular weight is 365 g/mol. The first kappa shape index (κ1) is 17.7. The molecule has 0 fully saturated rings. The summed E-state index contributed by atoms with van der Waals surface area (Å²) in [5.41, 5.74) is 3.79. The Hall–Kier alpha value is -3.73. The molecule has 0 unspecified atom stereocenters. The Morgan fingerprint density at radius 3 is 1.86 bits per heavy atom. The normalized spacial score (nSPS) is 10.4. The Kier molecular flexibility index (Phi) is 4.98. The maximum absolute atomic E-state index is 11.0. The zero-order valence-corrected chi connectivity index (χ0v) is 15.0. The topological polar surface area (TPSA) is 56.3 Å². The third kappa shape index (κ3) is 3.55. The Labute approximate surface area is 162 Å². The second kappa shape index (κ2) is 7.88. The zero-order valence-electron chi connectivity index (χ0n) is 15.0. The minimum absolute atomic E-state index is 0.408. The highest BCUT2D eigenvalue weighted by Gasteiger charge is 2.24. The van der Waals surface area contributed by atoms with Gasteiger partial charge in [-0.05, 0) is 23.1 Å². The highest BCUT2D eigenvalue weighted by molar-refractivity contribution is 6.80. The van der Waals surface area contributed by atoms with E-state index in [0.29, 0.717) is 16.9 Å². The van der Waals surface area contributed by atoms with Gasteiger partial charge in [0.25, 0.3) is 0 Å². The maximum atomic E-state index is 11.0. The Bertz CT molecular complexity index is 1070. The van der Waals surface area contributed by atoms with Gasteiger partial charge in [0.15, 0.2) is 0 Å². The Morgan fingerprint density at radius 1 is 0.714 bits per heavy atom. The van der Waals surface area contributed by atoms with Crippen LogP contribution in [0.2, 0.25) is 0 Å². The summed E-state index contributed by atoms with van der Waals surface area (Å²) >= 11 is 0. The molecule has 0 bridgehead atoms. The van der Waals surface area contributed by atoms with Crippen LogP contribution in [0.3, 0.4) is 0 Å². The van der Waals surface area contributed by atoms with Crippen LogP contribution in [0.1, 0.15) is 20.7 Å². The van der Waals surface area contributed by atoms with Gasteiger partial charge in [0.05, 0.1) is 0 Å². The first-order valence-electron chi connectivity index (χ1n) is 8.89. The molecule has 0 radical (unpaired) electrons. The predicted octanol–water partition coefficient (Wildman–Crippen LogP) is 3.04. The number of carbonyl (C=O) groups is 2. The van der Waals surface area contributed by atoms with E-state index in [1.165, 1.54) is 0 Å². The van der Waals surface area contributed by atoms with E-state index in [2.05, 4.69) is 4.98 Å². The number of carbonyl (C=O) groups excluding carboxylic acids is 2. The van der Waals surface area contributed by atoms with Gasteiger partial charge >= 0.3 is 6.92 Å². The standard InChI is InChI=1S/C23H16BNO3/c26-15-17-6-10-20(11-7-17)24(21-12-8-18(16-27)9-13-21)28-22-5-1-3-19-4-2-14-25-23(19)22/h1-16H. The number of benzene rings is 3. The van der Waals surface area contributed by atoms with Crippen molar-refractivity contribution in [2.45, 2.75) is 0 Å². The largest absolute Gasteiger partial charge is 0.550 e. The van der Waals surface area contributed by atoms with Gasteiger partial charge in [-0.15, -0.1) is 0 Å². The van der Waals surface area contributed by atoms with Crippen molar-refractivity contribution in [3.8, 4) is 5.75 Å². The van der Waals surface area contributed by atoms with Crippen molar-refractivity contribution in [2.24, 2.45) is 0 Å². The quantitative estimate of drug-likeness (QED) is 0.389. The monoisotopic (exact) mass is 365 g/mol. The van der Waals surface area contributed by atoms with E-state index in [0.717, 1.165) is 34.4 Å². The molecule has 28 heavy (non-hydrogen) atoms. The molecule has 0 saturated carbocycles. The van der Waals surface area contributed by atoms with Crippen LogP contribution in [0, 0.1) is 0 Å². The summed E-state index contributed by atoms with van der Waals surface area (Å²) in [6, 6.07) is 24.2. The lowest BCUT2D eigenvalue weighted by molar-refractivity contribution is 0.111. The summed E-state index contributed by atoms with van der Waals surface area (Å²) < 4.78 is 6.41. The molecule has 0 N–H and O–H groups in total. The molecule has 0 spiro atoms. The number of nitrogens with zero attached hydrogens (tertiary/aromatic N) is 1. The third-order valence-electron chi connectivity index (χ3n) is 4.59. The number of aromatic nitrogens is 1. The van der Waals surface area contributed by atoms with Gasteiger partial charge in [0, 0.05) is 22.7 Å². The molecule has 0 atom stereocenters. The van der Waals surface area contributed by atoms with E-state index in [-0.39, 0.29) is 0 Å². The summed E-state index contributed by atoms with van der Waals surface area (Å²) in [6.07, 6.45) is 3.36. The number of aldehydes is 2. The summed E-state index contributed by atoms with van der Waals surface area (Å²) in [7, 11) is 0. The highest BCUT2D eigenvalue weighted by Crippen LogP contribution is 2.23. The summed E-state index contributed by atoms with van der Waals surface area (Å²) in [4.78, 5) is 26.4. The van der Waals surface area contributed by atoms with Crippen LogP contribution < -0.4 is 15.6 Å². The fourth-order valence-corrected chi connectivity index (χ4v) is 3.13. The molecule has 0 aliphatic heterocycles. The first-order chi connectivity index (χ1) is 13.8. The SMILES string of the molecule is O=Cc1ccc(B(Oc2cccc3cccnc23)c2ccc(C=O)cc2)cc1. The van der Waals surface area contributed by atoms with E-state index in [1.54, 1.807) is 30.5 Å². The van der Waals surface area contributed by atoms with Crippen molar-refractivity contribution in [3.05, 3.63) is 96.2 Å². The van der Waals surface area contributed by atoms with Crippen molar-refractivity contribution in [3.63, 3.8) is 0 Å². The molecular weight excluding hydrogens is 349 g/mol. The van der Waals surface area contributed by atoms with Crippen LogP contribution in [-0.4, -0.2) is 24.5 Å². The second-order valence-electron chi connectivity index (χ2n) is 6.40. The molecule has 134 valence electrons. The van der Waals surface area contributed by atoms with Gasteiger partial charge in [0.1, 0.15) is 23.8 Å². The third-order valence-corrected chi connectivity index (χ3v) is 4.59. The Morgan fingerprint density at radius 2 is 1.29 bits per heavy atom. The molecule has 4 nitrogen and oxygen atoms in total. The van der Waals surface area contributed by atoms with Crippen LogP contribution in [0.4, 0.5) is 0 Å². The van der Waals surface area contributed by atoms with Crippen molar-refractivity contribution < 1.29 is 14.2 Å². The minimum atomic E-state index is -0.408. The fourth-order valence-electron chi connectivity index (χ4n) is 3.13. The maximum Gasteiger partial charge on any atom is 0.426 e. The van der Waals surface area contributed by atoms with Gasteiger partial charge in [-0.2, -0.15) is 0 Å². The van der Waals surface area contributed by atoms with Gasteiger partial charge in [-0.25, -0.2) is 0 Å². The van der Waals surface area contributed by atoms with Crippen molar-refractivity contribution in [2.75, 3.05) is 0 Å². The highest BCUT2D eigenvalue weighted by atomic mass is 16.4. The minimum Gasteiger partial charge on any atom is -0.550 e. The first-order valence-corrected chi connectivity index (χ1v) is 8.89. The molecule has 0 amide bonds. The Balaban J connectivity index is 1.79.